The maximum absolute atomic E-state index is 13.2. The van der Waals surface area contributed by atoms with Gasteiger partial charge in [-0.05, 0) is 77.0 Å². The van der Waals surface area contributed by atoms with Crippen LogP contribution in [0.25, 0.3) is 0 Å². The maximum atomic E-state index is 13.2. The van der Waals surface area contributed by atoms with Crippen LogP contribution in [-0.4, -0.2) is 68.4 Å². The van der Waals surface area contributed by atoms with Gasteiger partial charge < -0.3 is 25.3 Å². The Morgan fingerprint density at radius 3 is 2.38 bits per heavy atom. The second kappa shape index (κ2) is 12.9. The molecule has 2 saturated heterocycles. The lowest BCUT2D eigenvalue weighted by atomic mass is 10.1. The van der Waals surface area contributed by atoms with E-state index in [1.165, 1.54) is 22.6 Å². The number of piperazine rings is 1. The van der Waals surface area contributed by atoms with Crippen LogP contribution in [-0.2, 0) is 4.79 Å². The number of carbonyl (C=O) groups excluding carboxylic acids is 3. The average Bonchev–Trinajstić information content (AvgIpc) is 3.58. The average molecular weight is 625 g/mol. The Hall–Kier alpha value is -3.37. The van der Waals surface area contributed by atoms with Crippen LogP contribution in [0.3, 0.4) is 0 Å². The zero-order valence-electron chi connectivity index (χ0n) is 22.6. The van der Waals surface area contributed by atoms with E-state index in [2.05, 4.69) is 67.6 Å². The van der Waals surface area contributed by atoms with Crippen molar-refractivity contribution < 1.29 is 14.4 Å². The van der Waals surface area contributed by atoms with Crippen LogP contribution in [0.4, 0.5) is 17.1 Å². The fourth-order valence-electron chi connectivity index (χ4n) is 5.31. The first-order chi connectivity index (χ1) is 19.4. The second-order valence-corrected chi connectivity index (χ2v) is 11.9. The van der Waals surface area contributed by atoms with Crippen LogP contribution in [0.15, 0.2) is 58.4 Å². The van der Waals surface area contributed by atoms with Gasteiger partial charge in [0.05, 0.1) is 11.4 Å². The minimum Gasteiger partial charge on any atom is -0.368 e. The fraction of sp³-hybridized carbons (Fsp3) is 0.367. The number of nitrogens with one attached hydrogen (secondary N) is 2. The van der Waals surface area contributed by atoms with E-state index in [4.69, 9.17) is 0 Å². The highest BCUT2D eigenvalue weighted by Crippen LogP contribution is 2.32. The van der Waals surface area contributed by atoms with Crippen LogP contribution in [0.1, 0.15) is 44.9 Å². The van der Waals surface area contributed by atoms with Gasteiger partial charge in [-0.15, -0.1) is 11.3 Å². The van der Waals surface area contributed by atoms with E-state index in [9.17, 15) is 14.4 Å². The SMILES string of the molecule is Cc1ccccc1N1CCN(c2ccc(C(=O)NCCCN3CCCC3=O)cc2NC(=O)c2sccc2Br)CC1. The highest BCUT2D eigenvalue weighted by molar-refractivity contribution is 9.10. The molecule has 0 unspecified atom stereocenters. The molecule has 40 heavy (non-hydrogen) atoms. The summed E-state index contributed by atoms with van der Waals surface area (Å²) >= 11 is 4.82. The summed E-state index contributed by atoms with van der Waals surface area (Å²) in [5, 5.41) is 7.90. The third-order valence-corrected chi connectivity index (χ3v) is 9.31. The van der Waals surface area contributed by atoms with Crippen molar-refractivity contribution in [2.75, 3.05) is 60.9 Å². The van der Waals surface area contributed by atoms with E-state index < -0.39 is 0 Å². The van der Waals surface area contributed by atoms with Crippen molar-refractivity contribution in [3.8, 4) is 0 Å². The van der Waals surface area contributed by atoms with Gasteiger partial charge in [-0.3, -0.25) is 14.4 Å². The largest absolute Gasteiger partial charge is 0.368 e. The lowest BCUT2D eigenvalue weighted by molar-refractivity contribution is -0.127. The molecule has 0 spiro atoms. The van der Waals surface area contributed by atoms with Gasteiger partial charge in [-0.25, -0.2) is 0 Å². The summed E-state index contributed by atoms with van der Waals surface area (Å²) in [7, 11) is 0. The first kappa shape index (κ1) is 28.2. The highest BCUT2D eigenvalue weighted by Gasteiger charge is 2.23. The molecule has 0 atom stereocenters. The monoisotopic (exact) mass is 623 g/mol. The molecule has 0 saturated carbocycles. The summed E-state index contributed by atoms with van der Waals surface area (Å²) in [5.74, 6) is -0.217. The van der Waals surface area contributed by atoms with E-state index in [1.54, 1.807) is 6.07 Å². The molecule has 5 rings (SSSR count). The minimum atomic E-state index is -0.213. The van der Waals surface area contributed by atoms with Crippen molar-refractivity contribution in [2.45, 2.75) is 26.2 Å². The zero-order valence-corrected chi connectivity index (χ0v) is 25.0. The molecular formula is C30H34BrN5O3S. The van der Waals surface area contributed by atoms with Crippen molar-refractivity contribution in [2.24, 2.45) is 0 Å². The van der Waals surface area contributed by atoms with E-state index in [0.29, 0.717) is 42.1 Å². The molecule has 0 radical (unpaired) electrons. The number of rotatable bonds is 9. The van der Waals surface area contributed by atoms with E-state index in [-0.39, 0.29) is 17.7 Å². The Kier molecular flexibility index (Phi) is 9.06. The predicted octanol–water partition coefficient (Wildman–Crippen LogP) is 5.14. The Bertz CT molecular complexity index is 1390. The summed E-state index contributed by atoms with van der Waals surface area (Å²) in [6.45, 7) is 7.37. The van der Waals surface area contributed by atoms with Crippen molar-refractivity contribution in [3.63, 3.8) is 0 Å². The van der Waals surface area contributed by atoms with Crippen LogP contribution < -0.4 is 20.4 Å². The molecule has 10 heteroatoms. The number of para-hydroxylation sites is 1. The van der Waals surface area contributed by atoms with Gasteiger partial charge in [0.2, 0.25) is 5.91 Å². The molecule has 0 bridgehead atoms. The Morgan fingerprint density at radius 1 is 0.950 bits per heavy atom. The number of benzene rings is 2. The Labute approximate surface area is 247 Å². The van der Waals surface area contributed by atoms with Gasteiger partial charge >= 0.3 is 0 Å². The number of carbonyl (C=O) groups is 3. The molecule has 210 valence electrons. The van der Waals surface area contributed by atoms with Crippen LogP contribution in [0.5, 0.6) is 0 Å². The van der Waals surface area contributed by atoms with Gasteiger partial charge in [0.15, 0.2) is 0 Å². The first-order valence-electron chi connectivity index (χ1n) is 13.7. The molecule has 3 aromatic rings. The maximum Gasteiger partial charge on any atom is 0.266 e. The quantitative estimate of drug-likeness (QED) is 0.322. The van der Waals surface area contributed by atoms with Gasteiger partial charge in [-0.2, -0.15) is 0 Å². The number of thiophene rings is 1. The molecule has 2 aliphatic heterocycles. The van der Waals surface area contributed by atoms with E-state index in [1.807, 2.05) is 28.5 Å². The molecule has 8 nitrogen and oxygen atoms in total. The molecule has 0 aliphatic carbocycles. The summed E-state index contributed by atoms with van der Waals surface area (Å²) in [6, 6.07) is 15.8. The molecule has 1 aromatic heterocycles. The molecule has 2 N–H and O–H groups in total. The number of anilines is 3. The van der Waals surface area contributed by atoms with Crippen molar-refractivity contribution in [1.29, 1.82) is 0 Å². The van der Waals surface area contributed by atoms with Crippen molar-refractivity contribution in [3.05, 3.63) is 74.4 Å². The molecular weight excluding hydrogens is 590 g/mol. The zero-order chi connectivity index (χ0) is 28.1. The van der Waals surface area contributed by atoms with Gasteiger partial charge in [0.25, 0.3) is 11.8 Å². The number of aryl methyl sites for hydroxylation is 1. The smallest absolute Gasteiger partial charge is 0.266 e. The van der Waals surface area contributed by atoms with Gasteiger partial charge in [-0.1, -0.05) is 18.2 Å². The minimum absolute atomic E-state index is 0.194. The third-order valence-electron chi connectivity index (χ3n) is 7.47. The number of hydrogen-bond donors (Lipinski definition) is 2. The first-order valence-corrected chi connectivity index (χ1v) is 15.4. The third kappa shape index (κ3) is 6.50. The highest BCUT2D eigenvalue weighted by atomic mass is 79.9. The number of amides is 3. The van der Waals surface area contributed by atoms with Gasteiger partial charge in [0, 0.05) is 68.0 Å². The normalized spacial score (nSPS) is 15.4. The van der Waals surface area contributed by atoms with Crippen molar-refractivity contribution >= 4 is 62.1 Å². The summed E-state index contributed by atoms with van der Waals surface area (Å²) < 4.78 is 0.744. The van der Waals surface area contributed by atoms with Crippen LogP contribution in [0, 0.1) is 6.92 Å². The fourth-order valence-corrected chi connectivity index (χ4v) is 6.76. The predicted molar refractivity (Wildman–Crippen MR) is 165 cm³/mol. The standard InChI is InChI=1S/C30H34BrN5O3S/c1-21-6-2-3-7-25(21)34-15-17-35(18-16-34)26-10-9-22(20-24(26)33-30(39)28-23(31)11-19-40-28)29(38)32-12-5-14-36-13-4-8-27(36)37/h2-3,6-7,9-11,19-20H,4-5,8,12-18H2,1H3,(H,32,38)(H,33,39). The molecule has 2 fully saturated rings. The summed E-state index contributed by atoms with van der Waals surface area (Å²) in [6.07, 6.45) is 2.24. The van der Waals surface area contributed by atoms with E-state index >= 15 is 0 Å². The summed E-state index contributed by atoms with van der Waals surface area (Å²) in [5.41, 5.74) is 4.51. The molecule has 3 heterocycles. The molecule has 2 aliphatic rings. The Morgan fingerprint density at radius 2 is 1.70 bits per heavy atom. The van der Waals surface area contributed by atoms with Gasteiger partial charge in [0.1, 0.15) is 4.88 Å². The topological polar surface area (TPSA) is 85.0 Å². The number of halogens is 1. The van der Waals surface area contributed by atoms with Crippen LogP contribution in [0.2, 0.25) is 0 Å². The number of hydrogen-bond acceptors (Lipinski definition) is 6. The Balaban J connectivity index is 1.29. The molecule has 2 aromatic carbocycles. The second-order valence-electron chi connectivity index (χ2n) is 10.1. The van der Waals surface area contributed by atoms with Crippen molar-refractivity contribution in [1.82, 2.24) is 10.2 Å². The molecule has 3 amide bonds. The lowest BCUT2D eigenvalue weighted by Gasteiger charge is -2.38. The number of likely N-dealkylation sites (tertiary alicyclic amines) is 1. The lowest BCUT2D eigenvalue weighted by Crippen LogP contribution is -2.47. The number of nitrogens with zero attached hydrogens (tertiary/aromatic N) is 3. The van der Waals surface area contributed by atoms with E-state index in [0.717, 1.165) is 49.3 Å². The van der Waals surface area contributed by atoms with Crippen LogP contribution >= 0.6 is 27.3 Å². The summed E-state index contributed by atoms with van der Waals surface area (Å²) in [4.78, 5) is 45.1.